The third kappa shape index (κ3) is 3.48. The summed E-state index contributed by atoms with van der Waals surface area (Å²) in [6.45, 7) is 0. The first-order valence-corrected chi connectivity index (χ1v) is 6.43. The fourth-order valence-corrected chi connectivity index (χ4v) is 2.01. The SMILES string of the molecule is COC(=O)CC(O)C(O)c1ccc2nc(OC)ccc2c1. The van der Waals surface area contributed by atoms with E-state index in [4.69, 9.17) is 4.74 Å². The molecule has 0 saturated heterocycles. The molecular formula is C15H17NO5. The van der Waals surface area contributed by atoms with Crippen LogP contribution < -0.4 is 4.74 Å². The number of nitrogens with zero attached hydrogens (tertiary/aromatic N) is 1. The topological polar surface area (TPSA) is 88.9 Å². The molecule has 2 aromatic rings. The number of aliphatic hydroxyl groups excluding tert-OH is 2. The highest BCUT2D eigenvalue weighted by atomic mass is 16.5. The van der Waals surface area contributed by atoms with E-state index in [0.29, 0.717) is 17.0 Å². The lowest BCUT2D eigenvalue weighted by Crippen LogP contribution is -2.22. The van der Waals surface area contributed by atoms with E-state index in [1.807, 2.05) is 6.07 Å². The van der Waals surface area contributed by atoms with Gasteiger partial charge in [-0.05, 0) is 23.8 Å². The van der Waals surface area contributed by atoms with Gasteiger partial charge in [0.2, 0.25) is 5.88 Å². The molecule has 1 heterocycles. The zero-order valence-corrected chi connectivity index (χ0v) is 11.8. The quantitative estimate of drug-likeness (QED) is 0.805. The van der Waals surface area contributed by atoms with Gasteiger partial charge in [-0.2, -0.15) is 0 Å². The zero-order chi connectivity index (χ0) is 15.4. The molecule has 0 radical (unpaired) electrons. The van der Waals surface area contributed by atoms with Gasteiger partial charge in [0.15, 0.2) is 0 Å². The third-order valence-electron chi connectivity index (χ3n) is 3.21. The summed E-state index contributed by atoms with van der Waals surface area (Å²) in [5.41, 5.74) is 1.22. The van der Waals surface area contributed by atoms with Crippen LogP contribution in [0.15, 0.2) is 30.3 Å². The Labute approximate surface area is 121 Å². The molecule has 6 heteroatoms. The zero-order valence-electron chi connectivity index (χ0n) is 11.8. The van der Waals surface area contributed by atoms with Gasteiger partial charge in [-0.25, -0.2) is 4.98 Å². The Morgan fingerprint density at radius 3 is 2.67 bits per heavy atom. The number of esters is 1. The van der Waals surface area contributed by atoms with Gasteiger partial charge < -0.3 is 19.7 Å². The maximum atomic E-state index is 11.1. The summed E-state index contributed by atoms with van der Waals surface area (Å²) in [6, 6.07) is 8.61. The first-order valence-electron chi connectivity index (χ1n) is 6.43. The van der Waals surface area contributed by atoms with Crippen molar-refractivity contribution in [2.24, 2.45) is 0 Å². The molecule has 0 bridgehead atoms. The minimum atomic E-state index is -1.22. The van der Waals surface area contributed by atoms with Crippen LogP contribution in [0.3, 0.4) is 0 Å². The summed E-state index contributed by atoms with van der Waals surface area (Å²) in [4.78, 5) is 15.4. The molecule has 2 N–H and O–H groups in total. The summed E-state index contributed by atoms with van der Waals surface area (Å²) in [5, 5.41) is 20.7. The molecule has 2 rings (SSSR count). The molecule has 0 aliphatic heterocycles. The van der Waals surface area contributed by atoms with E-state index in [-0.39, 0.29) is 6.42 Å². The van der Waals surface area contributed by atoms with Crippen molar-refractivity contribution in [1.29, 1.82) is 0 Å². The van der Waals surface area contributed by atoms with E-state index in [0.717, 1.165) is 5.39 Å². The molecule has 0 spiro atoms. The van der Waals surface area contributed by atoms with Crippen molar-refractivity contribution in [3.63, 3.8) is 0 Å². The van der Waals surface area contributed by atoms with Gasteiger partial charge in [-0.1, -0.05) is 6.07 Å². The van der Waals surface area contributed by atoms with Crippen LogP contribution in [0.4, 0.5) is 0 Å². The number of methoxy groups -OCH3 is 2. The van der Waals surface area contributed by atoms with Gasteiger partial charge in [0.05, 0.1) is 32.3 Å². The first-order chi connectivity index (χ1) is 10.0. The maximum absolute atomic E-state index is 11.1. The average Bonchev–Trinajstić information content (AvgIpc) is 2.52. The molecule has 1 aromatic heterocycles. The number of aromatic nitrogens is 1. The Morgan fingerprint density at radius 1 is 1.24 bits per heavy atom. The largest absolute Gasteiger partial charge is 0.481 e. The molecule has 0 saturated carbocycles. The van der Waals surface area contributed by atoms with Gasteiger partial charge >= 0.3 is 5.97 Å². The number of carbonyl (C=O) groups is 1. The van der Waals surface area contributed by atoms with Crippen molar-refractivity contribution >= 4 is 16.9 Å². The van der Waals surface area contributed by atoms with Crippen LogP contribution in [0.1, 0.15) is 18.1 Å². The van der Waals surface area contributed by atoms with E-state index in [1.54, 1.807) is 24.3 Å². The number of fused-ring (bicyclic) bond motifs is 1. The molecule has 112 valence electrons. The predicted molar refractivity (Wildman–Crippen MR) is 75.9 cm³/mol. The Hall–Kier alpha value is -2.18. The average molecular weight is 291 g/mol. The Bertz CT molecular complexity index is 643. The molecule has 21 heavy (non-hydrogen) atoms. The summed E-state index contributed by atoms with van der Waals surface area (Å²) in [5.74, 6) is -0.0738. The molecule has 2 atom stereocenters. The lowest BCUT2D eigenvalue weighted by atomic mass is 10.0. The standard InChI is InChI=1S/C15H17NO5/c1-20-13-6-4-9-7-10(3-5-11(9)16-13)15(19)12(17)8-14(18)21-2/h3-7,12,15,17,19H,8H2,1-2H3. The highest BCUT2D eigenvalue weighted by Crippen LogP contribution is 2.24. The van der Waals surface area contributed by atoms with Crippen molar-refractivity contribution in [3.8, 4) is 5.88 Å². The van der Waals surface area contributed by atoms with Crippen molar-refractivity contribution in [3.05, 3.63) is 35.9 Å². The summed E-state index contributed by atoms with van der Waals surface area (Å²) in [7, 11) is 2.77. The molecule has 0 aliphatic rings. The first kappa shape index (κ1) is 15.2. The third-order valence-corrected chi connectivity index (χ3v) is 3.21. The number of rotatable bonds is 5. The second-order valence-electron chi connectivity index (χ2n) is 4.60. The lowest BCUT2D eigenvalue weighted by molar-refractivity contribution is -0.144. The number of hydrogen-bond donors (Lipinski definition) is 2. The summed E-state index contributed by atoms with van der Waals surface area (Å²) >= 11 is 0. The number of carbonyl (C=O) groups excluding carboxylic acids is 1. The minimum absolute atomic E-state index is 0.267. The van der Waals surface area contributed by atoms with Gasteiger partial charge in [-0.15, -0.1) is 0 Å². The molecule has 6 nitrogen and oxygen atoms in total. The van der Waals surface area contributed by atoms with Crippen LogP contribution in [0.2, 0.25) is 0 Å². The fourth-order valence-electron chi connectivity index (χ4n) is 2.01. The van der Waals surface area contributed by atoms with E-state index >= 15 is 0 Å². The van der Waals surface area contributed by atoms with Gasteiger partial charge in [-0.3, -0.25) is 4.79 Å². The molecule has 0 fully saturated rings. The van der Waals surface area contributed by atoms with E-state index in [2.05, 4.69) is 9.72 Å². The highest BCUT2D eigenvalue weighted by molar-refractivity contribution is 5.80. The lowest BCUT2D eigenvalue weighted by Gasteiger charge is -2.17. The predicted octanol–water partition coefficient (Wildman–Crippen LogP) is 1.20. The van der Waals surface area contributed by atoms with E-state index < -0.39 is 18.2 Å². The van der Waals surface area contributed by atoms with Crippen LogP contribution >= 0.6 is 0 Å². The highest BCUT2D eigenvalue weighted by Gasteiger charge is 2.22. The normalized spacial score (nSPS) is 13.7. The molecule has 1 aromatic carbocycles. The number of ether oxygens (including phenoxy) is 2. The fraction of sp³-hybridized carbons (Fsp3) is 0.333. The number of hydrogen-bond acceptors (Lipinski definition) is 6. The Balaban J connectivity index is 2.23. The minimum Gasteiger partial charge on any atom is -0.481 e. The molecule has 2 unspecified atom stereocenters. The van der Waals surface area contributed by atoms with Crippen LogP contribution in [0.25, 0.3) is 10.9 Å². The van der Waals surface area contributed by atoms with E-state index in [1.165, 1.54) is 14.2 Å². The second kappa shape index (κ2) is 6.51. The van der Waals surface area contributed by atoms with Gasteiger partial charge in [0.1, 0.15) is 6.10 Å². The van der Waals surface area contributed by atoms with Crippen molar-refractivity contribution in [1.82, 2.24) is 4.98 Å². The number of benzene rings is 1. The molecule has 0 amide bonds. The smallest absolute Gasteiger partial charge is 0.308 e. The molecule has 0 aliphatic carbocycles. The van der Waals surface area contributed by atoms with Crippen molar-refractivity contribution in [2.45, 2.75) is 18.6 Å². The van der Waals surface area contributed by atoms with Crippen LogP contribution in [0, 0.1) is 0 Å². The summed E-state index contributed by atoms with van der Waals surface area (Å²) in [6.07, 6.45) is -2.66. The van der Waals surface area contributed by atoms with Crippen LogP contribution in [-0.4, -0.2) is 41.5 Å². The van der Waals surface area contributed by atoms with Crippen molar-refractivity contribution < 1.29 is 24.5 Å². The Morgan fingerprint density at radius 2 is 2.00 bits per heavy atom. The van der Waals surface area contributed by atoms with E-state index in [9.17, 15) is 15.0 Å². The number of aliphatic hydroxyl groups is 2. The van der Waals surface area contributed by atoms with Gasteiger partial charge in [0.25, 0.3) is 0 Å². The van der Waals surface area contributed by atoms with Crippen LogP contribution in [-0.2, 0) is 9.53 Å². The Kier molecular flexibility index (Phi) is 4.72. The number of pyridine rings is 1. The monoisotopic (exact) mass is 291 g/mol. The van der Waals surface area contributed by atoms with Crippen LogP contribution in [0.5, 0.6) is 5.88 Å². The second-order valence-corrected chi connectivity index (χ2v) is 4.60. The van der Waals surface area contributed by atoms with Gasteiger partial charge in [0, 0.05) is 11.5 Å². The molecular weight excluding hydrogens is 274 g/mol. The van der Waals surface area contributed by atoms with Crippen molar-refractivity contribution in [2.75, 3.05) is 14.2 Å². The summed E-state index contributed by atoms with van der Waals surface area (Å²) < 4.78 is 9.51. The maximum Gasteiger partial charge on any atom is 0.308 e.